The van der Waals surface area contributed by atoms with Crippen LogP contribution in [0.3, 0.4) is 0 Å². The molecule has 2 heterocycles. The third-order valence-electron chi connectivity index (χ3n) is 4.64. The molecule has 2 aromatic carbocycles. The summed E-state index contributed by atoms with van der Waals surface area (Å²) in [5.74, 6) is 0. The summed E-state index contributed by atoms with van der Waals surface area (Å²) in [5.41, 5.74) is 3.11. The molecule has 0 aliphatic rings. The molecule has 0 saturated carbocycles. The first-order valence-corrected chi connectivity index (χ1v) is 9.53. The van der Waals surface area contributed by atoms with E-state index in [9.17, 15) is 14.9 Å². The van der Waals surface area contributed by atoms with Gasteiger partial charge >= 0.3 is 5.69 Å². The molecular weight excluding hydrogens is 372 g/mol. The summed E-state index contributed by atoms with van der Waals surface area (Å²) >= 11 is 1.14. The van der Waals surface area contributed by atoms with Crippen molar-refractivity contribution in [3.05, 3.63) is 97.0 Å². The number of nitriles is 1. The fourth-order valence-electron chi connectivity index (χ4n) is 3.26. The van der Waals surface area contributed by atoms with Crippen molar-refractivity contribution >= 4 is 22.6 Å². The average molecular weight is 388 g/mol. The fourth-order valence-corrected chi connectivity index (χ4v) is 3.93. The van der Waals surface area contributed by atoms with Gasteiger partial charge in [-0.2, -0.15) is 9.64 Å². The first-order valence-electron chi connectivity index (χ1n) is 8.70. The Morgan fingerprint density at radius 2 is 1.89 bits per heavy atom. The van der Waals surface area contributed by atoms with Gasteiger partial charge in [0.1, 0.15) is 0 Å². The van der Waals surface area contributed by atoms with Gasteiger partial charge in [-0.15, -0.1) is 0 Å². The van der Waals surface area contributed by atoms with Crippen molar-refractivity contribution in [2.75, 3.05) is 0 Å². The molecule has 0 amide bonds. The Morgan fingerprint density at radius 1 is 1.07 bits per heavy atom. The second-order valence-electron chi connectivity index (χ2n) is 6.57. The van der Waals surface area contributed by atoms with Crippen LogP contribution < -0.4 is 11.2 Å². The number of nitrogens with zero attached hydrogens (tertiary/aromatic N) is 4. The van der Waals surface area contributed by atoms with Gasteiger partial charge in [-0.05, 0) is 35.6 Å². The first-order chi connectivity index (χ1) is 13.6. The van der Waals surface area contributed by atoms with Crippen LogP contribution in [0.2, 0.25) is 0 Å². The van der Waals surface area contributed by atoms with Gasteiger partial charge in [0.05, 0.1) is 30.2 Å². The molecule has 138 valence electrons. The zero-order valence-electron chi connectivity index (χ0n) is 15.1. The van der Waals surface area contributed by atoms with E-state index in [0.29, 0.717) is 11.1 Å². The highest BCUT2D eigenvalue weighted by Gasteiger charge is 2.16. The summed E-state index contributed by atoms with van der Waals surface area (Å²) in [5, 5.41) is 11.1. The zero-order chi connectivity index (χ0) is 19.7. The predicted octanol–water partition coefficient (Wildman–Crippen LogP) is 2.90. The molecule has 0 saturated heterocycles. The Balaban J connectivity index is 1.90. The minimum Gasteiger partial charge on any atom is -0.286 e. The van der Waals surface area contributed by atoms with Crippen molar-refractivity contribution in [3.8, 4) is 6.07 Å². The maximum Gasteiger partial charge on any atom is 0.332 e. The van der Waals surface area contributed by atoms with Crippen molar-refractivity contribution < 1.29 is 0 Å². The Morgan fingerprint density at radius 3 is 2.68 bits per heavy atom. The molecule has 0 unspecified atom stereocenters. The Labute approximate surface area is 164 Å². The van der Waals surface area contributed by atoms with Crippen molar-refractivity contribution in [1.82, 2.24) is 13.5 Å². The highest BCUT2D eigenvalue weighted by atomic mass is 32.1. The lowest BCUT2D eigenvalue weighted by Crippen LogP contribution is -2.40. The average Bonchev–Trinajstić information content (AvgIpc) is 3.19. The Kier molecular flexibility index (Phi) is 4.63. The molecule has 0 atom stereocenters. The van der Waals surface area contributed by atoms with E-state index in [4.69, 9.17) is 0 Å². The predicted molar refractivity (Wildman–Crippen MR) is 109 cm³/mol. The quantitative estimate of drug-likeness (QED) is 0.538. The summed E-state index contributed by atoms with van der Waals surface area (Å²) in [6.45, 7) is 2.34. The van der Waals surface area contributed by atoms with E-state index in [-0.39, 0.29) is 18.6 Å². The van der Waals surface area contributed by atoms with E-state index in [1.165, 1.54) is 9.13 Å². The van der Waals surface area contributed by atoms with Crippen molar-refractivity contribution in [3.63, 3.8) is 0 Å². The normalized spacial score (nSPS) is 10.9. The lowest BCUT2D eigenvalue weighted by Gasteiger charge is -2.13. The number of rotatable bonds is 4. The van der Waals surface area contributed by atoms with Crippen LogP contribution in [0.15, 0.2) is 63.5 Å². The van der Waals surface area contributed by atoms with Crippen LogP contribution >= 0.6 is 11.5 Å². The summed E-state index contributed by atoms with van der Waals surface area (Å²) in [4.78, 5) is 26.1. The van der Waals surface area contributed by atoms with E-state index in [1.54, 1.807) is 17.5 Å². The van der Waals surface area contributed by atoms with Crippen LogP contribution in [0.5, 0.6) is 0 Å². The summed E-state index contributed by atoms with van der Waals surface area (Å²) < 4.78 is 6.94. The molecule has 0 radical (unpaired) electrons. The van der Waals surface area contributed by atoms with Crippen LogP contribution in [-0.4, -0.2) is 13.5 Å². The Bertz CT molecular complexity index is 1340. The second-order valence-corrected chi connectivity index (χ2v) is 7.20. The molecule has 0 N–H and O–H groups in total. The molecule has 4 rings (SSSR count). The third-order valence-corrected chi connectivity index (χ3v) is 5.26. The van der Waals surface area contributed by atoms with Gasteiger partial charge in [0.15, 0.2) is 5.52 Å². The van der Waals surface area contributed by atoms with E-state index in [1.807, 2.05) is 43.3 Å². The molecule has 28 heavy (non-hydrogen) atoms. The van der Waals surface area contributed by atoms with E-state index < -0.39 is 11.2 Å². The van der Waals surface area contributed by atoms with Crippen LogP contribution in [0.25, 0.3) is 11.0 Å². The summed E-state index contributed by atoms with van der Waals surface area (Å²) in [6, 6.07) is 17.0. The number of hydrogen-bond donors (Lipinski definition) is 0. The number of hydrogen-bond acceptors (Lipinski definition) is 5. The highest BCUT2D eigenvalue weighted by Crippen LogP contribution is 2.15. The van der Waals surface area contributed by atoms with Crippen LogP contribution in [0.1, 0.15) is 22.3 Å². The maximum absolute atomic E-state index is 13.2. The fraction of sp³-hybridized carbons (Fsp3) is 0.143. The van der Waals surface area contributed by atoms with Gasteiger partial charge in [0.25, 0.3) is 5.56 Å². The lowest BCUT2D eigenvalue weighted by molar-refractivity contribution is 0.634. The van der Waals surface area contributed by atoms with Gasteiger partial charge in [0.2, 0.25) is 0 Å². The van der Waals surface area contributed by atoms with Crippen molar-refractivity contribution in [2.24, 2.45) is 0 Å². The van der Waals surface area contributed by atoms with Gasteiger partial charge in [-0.1, -0.05) is 48.0 Å². The molecule has 0 fully saturated rings. The monoisotopic (exact) mass is 388 g/mol. The summed E-state index contributed by atoms with van der Waals surface area (Å²) in [6.07, 6.45) is 0. The minimum absolute atomic E-state index is 0.173. The largest absolute Gasteiger partial charge is 0.332 e. The molecule has 0 aliphatic heterocycles. The van der Waals surface area contributed by atoms with Gasteiger partial charge in [-0.25, -0.2) is 4.79 Å². The maximum atomic E-state index is 13.2. The molecule has 2 aromatic heterocycles. The number of fused-ring (bicyclic) bond motifs is 1. The topological polar surface area (TPSA) is 80.7 Å². The Hall–Kier alpha value is -3.50. The van der Waals surface area contributed by atoms with Crippen molar-refractivity contribution in [2.45, 2.75) is 20.0 Å². The smallest absolute Gasteiger partial charge is 0.286 e. The highest BCUT2D eigenvalue weighted by molar-refractivity contribution is 7.04. The van der Waals surface area contributed by atoms with E-state index in [0.717, 1.165) is 28.2 Å². The zero-order valence-corrected chi connectivity index (χ0v) is 15.9. The number of aryl methyl sites for hydroxylation is 1. The minimum atomic E-state index is -0.410. The van der Waals surface area contributed by atoms with Gasteiger partial charge < -0.3 is 0 Å². The molecule has 7 heteroatoms. The molecule has 0 spiro atoms. The first kappa shape index (κ1) is 17.9. The molecule has 4 aromatic rings. The summed E-state index contributed by atoms with van der Waals surface area (Å²) in [7, 11) is 0. The standard InChI is InChI=1S/C21H16N4O2S/c1-14-5-4-6-15(9-14)11-25-20(26)19-18(13-28-23-19)24(21(25)27)12-17-8-3-2-7-16(17)10-22/h2-9,13H,11-12H2,1H3. The molecule has 0 aliphatic carbocycles. The SMILES string of the molecule is Cc1cccc(Cn2c(=O)c3nscc3n(Cc3ccccc3C#N)c2=O)c1. The van der Waals surface area contributed by atoms with Crippen LogP contribution in [0.4, 0.5) is 0 Å². The van der Waals surface area contributed by atoms with Crippen LogP contribution in [0, 0.1) is 18.3 Å². The van der Waals surface area contributed by atoms with Crippen molar-refractivity contribution in [1.29, 1.82) is 5.26 Å². The van der Waals surface area contributed by atoms with Gasteiger partial charge in [0, 0.05) is 5.38 Å². The lowest BCUT2D eigenvalue weighted by atomic mass is 10.1. The van der Waals surface area contributed by atoms with Crippen LogP contribution in [-0.2, 0) is 13.1 Å². The second kappa shape index (κ2) is 7.25. The van der Waals surface area contributed by atoms with Gasteiger partial charge in [-0.3, -0.25) is 13.9 Å². The number of benzene rings is 2. The van der Waals surface area contributed by atoms with E-state index in [2.05, 4.69) is 10.4 Å². The molecule has 0 bridgehead atoms. The van der Waals surface area contributed by atoms with E-state index >= 15 is 0 Å². The third kappa shape index (κ3) is 3.15. The molecular formula is C21H16N4O2S. The number of aromatic nitrogens is 3. The molecule has 6 nitrogen and oxygen atoms in total.